The molecule has 0 atom stereocenters. The van der Waals surface area contributed by atoms with E-state index in [0.717, 1.165) is 0 Å². The zero-order valence-electron chi connectivity index (χ0n) is 13.1. The first-order chi connectivity index (χ1) is 9.76. The third-order valence-corrected chi connectivity index (χ3v) is 2.09. The lowest BCUT2D eigenvalue weighted by Gasteiger charge is -2.09. The summed E-state index contributed by atoms with van der Waals surface area (Å²) in [6.45, 7) is 1.92. The molecular formula is C13H16O5. The van der Waals surface area contributed by atoms with Crippen molar-refractivity contribution >= 4 is 12.0 Å². The van der Waals surface area contributed by atoms with Crippen LogP contribution in [0.4, 0.5) is 0 Å². The van der Waals surface area contributed by atoms with E-state index in [9.17, 15) is 9.90 Å². The predicted octanol–water partition coefficient (Wildman–Crippen LogP) is 1.99. The van der Waals surface area contributed by atoms with Crippen molar-refractivity contribution in [2.45, 2.75) is 6.92 Å². The minimum Gasteiger partial charge on any atom is -0.502 e. The highest BCUT2D eigenvalue weighted by Gasteiger charge is 2.10. The second-order valence-corrected chi connectivity index (χ2v) is 3.26. The van der Waals surface area contributed by atoms with Gasteiger partial charge in [0.25, 0.3) is 0 Å². The van der Waals surface area contributed by atoms with Crippen molar-refractivity contribution in [3.8, 4) is 17.2 Å². The minimum atomic E-state index is -2.72. The Morgan fingerprint density at radius 2 is 2.11 bits per heavy atom. The van der Waals surface area contributed by atoms with Gasteiger partial charge in [0.05, 0.1) is 24.9 Å². The molecule has 0 saturated carbocycles. The maximum Gasteiger partial charge on any atom is 0.330 e. The number of phenols is 1. The fourth-order valence-corrected chi connectivity index (χ4v) is 1.29. The monoisotopic (exact) mass is 255 g/mol. The van der Waals surface area contributed by atoms with Gasteiger partial charge in [0.2, 0.25) is 5.75 Å². The van der Waals surface area contributed by atoms with Crippen LogP contribution in [0.15, 0.2) is 18.2 Å². The number of rotatable bonds is 5. The van der Waals surface area contributed by atoms with E-state index in [-0.39, 0.29) is 18.1 Å². The molecule has 0 heterocycles. The summed E-state index contributed by atoms with van der Waals surface area (Å²) in [5.74, 6) is -1.21. The van der Waals surface area contributed by atoms with Gasteiger partial charge < -0.3 is 19.3 Å². The summed E-state index contributed by atoms with van der Waals surface area (Å²) in [5, 5.41) is 9.82. The number of methoxy groups -OCH3 is 2. The fourth-order valence-electron chi connectivity index (χ4n) is 1.29. The predicted molar refractivity (Wildman–Crippen MR) is 66.9 cm³/mol. The Labute approximate surface area is 110 Å². The third kappa shape index (κ3) is 3.41. The summed E-state index contributed by atoms with van der Waals surface area (Å²) in [4.78, 5) is 11.2. The molecule has 0 aliphatic heterocycles. The quantitative estimate of drug-likeness (QED) is 0.644. The normalized spacial score (nSPS) is 13.6. The molecule has 0 fully saturated rings. The van der Waals surface area contributed by atoms with E-state index in [4.69, 9.17) is 13.6 Å². The number of benzene rings is 1. The SMILES string of the molecule is [2H]C([2H])([2H])Oc1cc(/C=C/C(=O)OCC)cc(OC)c1O. The van der Waals surface area contributed by atoms with Gasteiger partial charge in [-0.2, -0.15) is 0 Å². The van der Waals surface area contributed by atoms with Gasteiger partial charge in [-0.3, -0.25) is 0 Å². The van der Waals surface area contributed by atoms with E-state index in [1.165, 1.54) is 31.4 Å². The fraction of sp³-hybridized carbons (Fsp3) is 0.308. The Kier molecular flexibility index (Phi) is 3.57. The standard InChI is InChI=1S/C13H16O5/c1-4-18-12(14)6-5-9-7-10(16-2)13(15)11(8-9)17-3/h5-8,15H,4H2,1-3H3/b6-5+/i2D3. The molecule has 0 saturated heterocycles. The van der Waals surface area contributed by atoms with Crippen LogP contribution in [-0.2, 0) is 9.53 Å². The first-order valence-electron chi connectivity index (χ1n) is 6.71. The number of hydrogen-bond acceptors (Lipinski definition) is 5. The average Bonchev–Trinajstić information content (AvgIpc) is 2.38. The summed E-state index contributed by atoms with van der Waals surface area (Å²) in [6, 6.07) is 2.71. The highest BCUT2D eigenvalue weighted by molar-refractivity contribution is 5.87. The van der Waals surface area contributed by atoms with E-state index in [0.29, 0.717) is 5.56 Å². The van der Waals surface area contributed by atoms with Gasteiger partial charge in [-0.15, -0.1) is 0 Å². The molecular weight excluding hydrogens is 236 g/mol. The van der Waals surface area contributed by atoms with Crippen molar-refractivity contribution in [2.24, 2.45) is 0 Å². The van der Waals surface area contributed by atoms with Crippen LogP contribution in [0.3, 0.4) is 0 Å². The van der Waals surface area contributed by atoms with Crippen LogP contribution in [0.5, 0.6) is 17.2 Å². The number of carbonyl (C=O) groups excluding carboxylic acids is 1. The van der Waals surface area contributed by atoms with Crippen LogP contribution >= 0.6 is 0 Å². The molecule has 0 aromatic heterocycles. The van der Waals surface area contributed by atoms with Crippen molar-refractivity contribution < 1.29 is 28.2 Å². The molecule has 0 bridgehead atoms. The van der Waals surface area contributed by atoms with Crippen molar-refractivity contribution in [3.05, 3.63) is 23.8 Å². The number of ether oxygens (including phenoxy) is 3. The summed E-state index contributed by atoms with van der Waals surface area (Å²) in [6.07, 6.45) is 2.57. The molecule has 1 aromatic rings. The van der Waals surface area contributed by atoms with Crippen molar-refractivity contribution in [1.29, 1.82) is 0 Å². The van der Waals surface area contributed by atoms with Gasteiger partial charge in [0, 0.05) is 6.08 Å². The number of hydrogen-bond donors (Lipinski definition) is 1. The first-order valence-corrected chi connectivity index (χ1v) is 5.21. The van der Waals surface area contributed by atoms with E-state index in [1.54, 1.807) is 6.92 Å². The Bertz CT molecular complexity index is 537. The van der Waals surface area contributed by atoms with E-state index in [2.05, 4.69) is 4.74 Å². The van der Waals surface area contributed by atoms with Crippen LogP contribution < -0.4 is 9.47 Å². The average molecular weight is 255 g/mol. The zero-order valence-corrected chi connectivity index (χ0v) is 10.1. The molecule has 0 aliphatic carbocycles. The van der Waals surface area contributed by atoms with E-state index >= 15 is 0 Å². The summed E-state index contributed by atoms with van der Waals surface area (Å²) < 4.78 is 35.5. The molecule has 0 unspecified atom stereocenters. The van der Waals surface area contributed by atoms with Crippen molar-refractivity contribution in [3.63, 3.8) is 0 Å². The van der Waals surface area contributed by atoms with Gasteiger partial charge in [-0.05, 0) is 30.7 Å². The number of aromatic hydroxyl groups is 1. The van der Waals surface area contributed by atoms with Gasteiger partial charge in [-0.1, -0.05) is 0 Å². The number of carbonyl (C=O) groups is 1. The van der Waals surface area contributed by atoms with Gasteiger partial charge in [-0.25, -0.2) is 4.79 Å². The maximum atomic E-state index is 11.2. The molecule has 0 radical (unpaired) electrons. The third-order valence-electron chi connectivity index (χ3n) is 2.09. The molecule has 1 N–H and O–H groups in total. The number of phenolic OH excluding ortho intramolecular Hbond substituents is 1. The molecule has 0 spiro atoms. The van der Waals surface area contributed by atoms with E-state index < -0.39 is 18.8 Å². The van der Waals surface area contributed by atoms with Crippen LogP contribution in [0.1, 0.15) is 16.6 Å². The molecule has 18 heavy (non-hydrogen) atoms. The van der Waals surface area contributed by atoms with Gasteiger partial charge in [0.15, 0.2) is 11.5 Å². The smallest absolute Gasteiger partial charge is 0.330 e. The van der Waals surface area contributed by atoms with Gasteiger partial charge >= 0.3 is 5.97 Å². The Hall–Kier alpha value is -2.17. The second kappa shape index (κ2) is 6.54. The van der Waals surface area contributed by atoms with Crippen LogP contribution in [0, 0.1) is 0 Å². The Morgan fingerprint density at radius 1 is 1.44 bits per heavy atom. The second-order valence-electron chi connectivity index (χ2n) is 3.26. The lowest BCUT2D eigenvalue weighted by atomic mass is 10.1. The topological polar surface area (TPSA) is 65.0 Å². The van der Waals surface area contributed by atoms with E-state index in [1.807, 2.05) is 0 Å². The molecule has 0 amide bonds. The van der Waals surface area contributed by atoms with Crippen molar-refractivity contribution in [2.75, 3.05) is 20.8 Å². The lowest BCUT2D eigenvalue weighted by Crippen LogP contribution is -1.98. The largest absolute Gasteiger partial charge is 0.502 e. The summed E-state index contributed by atoms with van der Waals surface area (Å²) >= 11 is 0. The Balaban J connectivity index is 3.11. The lowest BCUT2D eigenvalue weighted by molar-refractivity contribution is -0.137. The molecule has 98 valence electrons. The molecule has 5 nitrogen and oxygen atoms in total. The maximum absolute atomic E-state index is 11.2. The molecule has 0 aliphatic rings. The van der Waals surface area contributed by atoms with Crippen molar-refractivity contribution in [1.82, 2.24) is 0 Å². The first kappa shape index (κ1) is 9.82. The highest BCUT2D eigenvalue weighted by atomic mass is 16.5. The van der Waals surface area contributed by atoms with Gasteiger partial charge in [0.1, 0.15) is 0 Å². The summed E-state index contributed by atoms with van der Waals surface area (Å²) in [5.41, 5.74) is 0.414. The molecule has 1 rings (SSSR count). The summed E-state index contributed by atoms with van der Waals surface area (Å²) in [7, 11) is -1.40. The zero-order chi connectivity index (χ0) is 16.0. The molecule has 1 aromatic carbocycles. The van der Waals surface area contributed by atoms with Crippen LogP contribution in [0.2, 0.25) is 0 Å². The van der Waals surface area contributed by atoms with Crippen LogP contribution in [0.25, 0.3) is 6.08 Å². The number of esters is 1. The molecule has 5 heteroatoms. The minimum absolute atomic E-state index is 0.0280. The Morgan fingerprint density at radius 3 is 2.67 bits per heavy atom. The van der Waals surface area contributed by atoms with Crippen LogP contribution in [-0.4, -0.2) is 31.8 Å². The highest BCUT2D eigenvalue weighted by Crippen LogP contribution is 2.37.